The molecule has 2 N–H and O–H groups in total. The van der Waals surface area contributed by atoms with Crippen LogP contribution in [-0.2, 0) is 16.4 Å². The fourth-order valence-electron chi connectivity index (χ4n) is 10.4. The molecular weight excluding hydrogens is 695 g/mol. The van der Waals surface area contributed by atoms with Crippen LogP contribution in [0.25, 0.3) is 0 Å². The van der Waals surface area contributed by atoms with Crippen molar-refractivity contribution < 1.29 is 23.4 Å². The molecule has 4 fully saturated rings. The number of rotatable bonds is 8. The zero-order valence-corrected chi connectivity index (χ0v) is 33.3. The molecule has 7 unspecified atom stereocenters. The van der Waals surface area contributed by atoms with Gasteiger partial charge in [-0.1, -0.05) is 50.6 Å². The van der Waals surface area contributed by atoms with Crippen LogP contribution in [0.5, 0.6) is 0 Å². The largest absolute Gasteiger partial charge is 0.393 e. The van der Waals surface area contributed by atoms with E-state index in [9.17, 15) is 23.4 Å². The van der Waals surface area contributed by atoms with E-state index in [-0.39, 0.29) is 29.6 Å². The van der Waals surface area contributed by atoms with Gasteiger partial charge in [0.25, 0.3) is 10.0 Å². The number of fused-ring (bicyclic) bond motifs is 10. The Hall–Kier alpha value is -2.14. The second kappa shape index (κ2) is 13.9. The number of hydrogen-bond donors (Lipinski definition) is 2. The van der Waals surface area contributed by atoms with Crippen molar-refractivity contribution in [1.82, 2.24) is 4.31 Å². The maximum Gasteiger partial charge on any atom is 0.252 e. The normalized spacial score (nSPS) is 32.2. The van der Waals surface area contributed by atoms with E-state index in [1.165, 1.54) is 28.2 Å². The van der Waals surface area contributed by atoms with E-state index in [4.69, 9.17) is 0 Å². The Balaban J connectivity index is 1.30. The number of thiophene rings is 2. The quantitative estimate of drug-likeness (QED) is 0.177. The van der Waals surface area contributed by atoms with E-state index in [2.05, 4.69) is 39.8 Å². The number of ketones is 1. The number of aliphatic hydroxyl groups excluding tert-OH is 1. The topological polar surface area (TPSA) is 94.9 Å². The number of sulfonamides is 1. The Labute approximate surface area is 313 Å². The summed E-state index contributed by atoms with van der Waals surface area (Å²) in [4.78, 5) is 16.1. The molecule has 6 aliphatic rings. The van der Waals surface area contributed by atoms with E-state index < -0.39 is 27.1 Å². The highest BCUT2D eigenvalue weighted by atomic mass is 32.2. The van der Waals surface area contributed by atoms with Gasteiger partial charge in [-0.05, 0) is 148 Å². The molecule has 2 aromatic heterocycles. The minimum atomic E-state index is -3.85. The van der Waals surface area contributed by atoms with Crippen LogP contribution in [0.15, 0.2) is 63.7 Å². The summed E-state index contributed by atoms with van der Waals surface area (Å²) in [6.07, 6.45) is 9.38. The Morgan fingerprint density at radius 3 is 2.51 bits per heavy atom. The zero-order chi connectivity index (χ0) is 36.3. The standard InChI is InChI=1S/C42H55NO5S3/c1-27-8-6-19-41(5)35(33-16-12-29(22-32(44)15-10-27)23-34(33)39(45)37-17-11-28(2)50-37)18-20-42(41,46)26-43(51(47,48)38-9-7-21-49-38)25-30-13-14-31-24-36(30)40(31,3)4/h7-9,11-12,16-17,21,23,30-32,35-36,44,46H,6,10,13-15,18-20,22,24-26H2,1-5H3. The van der Waals surface area contributed by atoms with E-state index in [0.717, 1.165) is 48.1 Å². The number of nitrogens with zero attached hydrogens (tertiary/aromatic N) is 1. The van der Waals surface area contributed by atoms with Crippen LogP contribution in [0.4, 0.5) is 0 Å². The van der Waals surface area contributed by atoms with Crippen LogP contribution in [0, 0.1) is 35.5 Å². The molecule has 6 nitrogen and oxygen atoms in total. The van der Waals surface area contributed by atoms with Gasteiger partial charge in [0.05, 0.1) is 16.6 Å². The summed E-state index contributed by atoms with van der Waals surface area (Å²) in [6.45, 7) is 11.4. The van der Waals surface area contributed by atoms with Crippen molar-refractivity contribution in [1.29, 1.82) is 0 Å². The number of aryl methyl sites for hydroxylation is 1. The average Bonchev–Trinajstić information content (AvgIpc) is 3.84. The number of hydrogen-bond acceptors (Lipinski definition) is 7. The van der Waals surface area contributed by atoms with E-state index >= 15 is 0 Å². The molecular formula is C42H55NO5S3. The van der Waals surface area contributed by atoms with Gasteiger partial charge < -0.3 is 10.2 Å². The van der Waals surface area contributed by atoms with E-state index in [1.807, 2.05) is 36.6 Å². The van der Waals surface area contributed by atoms with Crippen LogP contribution in [0.2, 0.25) is 0 Å². The predicted molar refractivity (Wildman–Crippen MR) is 207 cm³/mol. The Morgan fingerprint density at radius 2 is 1.82 bits per heavy atom. The molecule has 276 valence electrons. The Bertz CT molecular complexity index is 1890. The maximum absolute atomic E-state index is 14.5. The first-order valence-corrected chi connectivity index (χ1v) is 22.1. The number of carbonyl (C=O) groups is 1. The van der Waals surface area contributed by atoms with E-state index in [0.29, 0.717) is 65.1 Å². The van der Waals surface area contributed by atoms with Gasteiger partial charge in [0.15, 0.2) is 0 Å². The van der Waals surface area contributed by atoms with Crippen molar-refractivity contribution in [2.45, 2.75) is 121 Å². The second-order valence-corrected chi connectivity index (χ2v) is 21.5. The van der Waals surface area contributed by atoms with Crippen molar-refractivity contribution in [3.05, 3.63) is 85.9 Å². The van der Waals surface area contributed by atoms with Crippen molar-refractivity contribution in [3.63, 3.8) is 0 Å². The van der Waals surface area contributed by atoms with Gasteiger partial charge in [-0.2, -0.15) is 4.31 Å². The molecule has 6 aliphatic carbocycles. The third-order valence-corrected chi connectivity index (χ3v) is 18.0. The van der Waals surface area contributed by atoms with Gasteiger partial charge in [0, 0.05) is 28.9 Å². The lowest BCUT2D eigenvalue weighted by atomic mass is 9.45. The third kappa shape index (κ3) is 6.78. The van der Waals surface area contributed by atoms with Gasteiger partial charge in [-0.15, -0.1) is 22.7 Å². The second-order valence-electron chi connectivity index (χ2n) is 17.1. The van der Waals surface area contributed by atoms with Gasteiger partial charge in [0.2, 0.25) is 5.78 Å². The molecule has 4 bridgehead atoms. The molecule has 9 heteroatoms. The van der Waals surface area contributed by atoms with Crippen LogP contribution >= 0.6 is 22.7 Å². The first-order chi connectivity index (χ1) is 24.1. The number of carbonyl (C=O) groups excluding carboxylic acids is 1. The minimum absolute atomic E-state index is 0.0271. The summed E-state index contributed by atoms with van der Waals surface area (Å²) >= 11 is 2.74. The van der Waals surface area contributed by atoms with Crippen LogP contribution in [-0.4, -0.2) is 53.5 Å². The zero-order valence-electron chi connectivity index (χ0n) is 30.9. The summed E-state index contributed by atoms with van der Waals surface area (Å²) in [5, 5.41) is 25.9. The lowest BCUT2D eigenvalue weighted by Crippen LogP contribution is -2.58. The smallest absolute Gasteiger partial charge is 0.252 e. The molecule has 3 aromatic rings. The molecule has 0 aliphatic heterocycles. The molecule has 51 heavy (non-hydrogen) atoms. The van der Waals surface area contributed by atoms with Gasteiger partial charge in [0.1, 0.15) is 4.21 Å². The van der Waals surface area contributed by atoms with Crippen LogP contribution in [0.1, 0.15) is 123 Å². The SMILES string of the molecule is CC1=CCCC2(C)C(CCC2(O)CN(CC2CCC3CC2C3(C)C)S(=O)(=O)c2cccs2)c2ccc(cc2C(=O)c2ccc(C)s2)CC(O)CC1. The molecule has 2 heterocycles. The highest BCUT2D eigenvalue weighted by Gasteiger charge is 2.59. The fourth-order valence-corrected chi connectivity index (χ4v) is 13.9. The summed E-state index contributed by atoms with van der Waals surface area (Å²) in [7, 11) is -3.85. The Kier molecular flexibility index (Phi) is 10.2. The summed E-state index contributed by atoms with van der Waals surface area (Å²) < 4.78 is 31.1. The summed E-state index contributed by atoms with van der Waals surface area (Å²) in [5.41, 5.74) is 1.88. The molecule has 0 spiro atoms. The lowest BCUT2D eigenvalue weighted by Gasteiger charge is -2.60. The monoisotopic (exact) mass is 749 g/mol. The summed E-state index contributed by atoms with van der Waals surface area (Å²) in [5.74, 6) is 1.26. The van der Waals surface area contributed by atoms with Crippen LogP contribution < -0.4 is 0 Å². The van der Waals surface area contributed by atoms with Gasteiger partial charge in [-0.3, -0.25) is 4.79 Å². The van der Waals surface area contributed by atoms with Crippen molar-refractivity contribution >= 4 is 38.5 Å². The summed E-state index contributed by atoms with van der Waals surface area (Å²) in [6, 6.07) is 13.4. The maximum atomic E-state index is 14.5. The Morgan fingerprint density at radius 1 is 1.02 bits per heavy atom. The molecule has 4 saturated carbocycles. The first kappa shape index (κ1) is 37.2. The molecule has 0 amide bonds. The average molecular weight is 750 g/mol. The highest BCUT2D eigenvalue weighted by molar-refractivity contribution is 7.91. The van der Waals surface area contributed by atoms with Crippen molar-refractivity contribution in [3.8, 4) is 0 Å². The van der Waals surface area contributed by atoms with Gasteiger partial charge in [-0.25, -0.2) is 8.42 Å². The number of benzene rings is 1. The molecule has 0 saturated heterocycles. The van der Waals surface area contributed by atoms with Crippen molar-refractivity contribution in [2.24, 2.45) is 28.6 Å². The van der Waals surface area contributed by atoms with E-state index in [1.54, 1.807) is 16.4 Å². The molecule has 1 aromatic carbocycles. The van der Waals surface area contributed by atoms with Crippen LogP contribution in [0.3, 0.4) is 0 Å². The fraction of sp³-hybridized carbons (Fsp3) is 0.595. The van der Waals surface area contributed by atoms with Gasteiger partial charge >= 0.3 is 0 Å². The highest BCUT2D eigenvalue weighted by Crippen LogP contribution is 2.62. The first-order valence-electron chi connectivity index (χ1n) is 19.0. The minimum Gasteiger partial charge on any atom is -0.393 e. The molecule has 0 radical (unpaired) electrons. The predicted octanol–water partition coefficient (Wildman–Crippen LogP) is 9.15. The number of allylic oxidation sites excluding steroid dienone is 2. The molecule has 7 atom stereocenters. The molecule has 9 rings (SSSR count). The lowest BCUT2D eigenvalue weighted by molar-refractivity contribution is -0.114. The number of aliphatic hydroxyl groups is 2. The van der Waals surface area contributed by atoms with Crippen molar-refractivity contribution in [2.75, 3.05) is 13.1 Å². The third-order valence-electron chi connectivity index (χ3n) is 13.8.